The lowest BCUT2D eigenvalue weighted by Gasteiger charge is -2.37. The van der Waals surface area contributed by atoms with E-state index in [0.29, 0.717) is 21.2 Å². The number of hydrogen-bond donors (Lipinski definition) is 4. The van der Waals surface area contributed by atoms with Gasteiger partial charge in [0.25, 0.3) is 0 Å². The van der Waals surface area contributed by atoms with Gasteiger partial charge in [-0.15, -0.1) is 0 Å². The molecule has 0 aliphatic carbocycles. The second-order valence-electron chi connectivity index (χ2n) is 5.67. The van der Waals surface area contributed by atoms with Gasteiger partial charge in [0, 0.05) is 21.2 Å². The van der Waals surface area contributed by atoms with Crippen molar-refractivity contribution in [3.05, 3.63) is 69.7 Å². The highest BCUT2D eigenvalue weighted by Crippen LogP contribution is 2.43. The van der Waals surface area contributed by atoms with E-state index in [2.05, 4.69) is 21.3 Å². The van der Waals surface area contributed by atoms with Crippen molar-refractivity contribution in [3.8, 4) is 0 Å². The van der Waals surface area contributed by atoms with Gasteiger partial charge >= 0.3 is 12.1 Å². The lowest BCUT2D eigenvalue weighted by Crippen LogP contribution is -2.60. The van der Waals surface area contributed by atoms with E-state index in [0.717, 1.165) is 0 Å². The Hall–Kier alpha value is -2.44. The summed E-state index contributed by atoms with van der Waals surface area (Å²) in [5.74, 6) is 0. The molecule has 122 valence electrons. The Morgan fingerprint density at radius 3 is 1.17 bits per heavy atom. The van der Waals surface area contributed by atoms with Crippen LogP contribution in [0.4, 0.5) is 9.59 Å². The average molecular weight is 363 g/mol. The smallest absolute Gasteiger partial charge is 0.307 e. The number of urea groups is 2. The fourth-order valence-corrected chi connectivity index (χ4v) is 3.55. The summed E-state index contributed by atoms with van der Waals surface area (Å²) in [5.41, 5.74) is -1.03. The van der Waals surface area contributed by atoms with Gasteiger partial charge < -0.3 is 21.3 Å². The fraction of sp³-hybridized carbons (Fsp3) is 0.125. The quantitative estimate of drug-likeness (QED) is 0.662. The summed E-state index contributed by atoms with van der Waals surface area (Å²) in [4.78, 5) is 24.4. The molecule has 0 bridgehead atoms. The monoisotopic (exact) mass is 362 g/mol. The number of carbonyl (C=O) groups excluding carboxylic acids is 2. The first kappa shape index (κ1) is 15.1. The maximum absolute atomic E-state index is 12.2. The van der Waals surface area contributed by atoms with Gasteiger partial charge in [-0.3, -0.25) is 0 Å². The van der Waals surface area contributed by atoms with Crippen LogP contribution in [0.15, 0.2) is 48.5 Å². The SMILES string of the molecule is O=C1NC2(c3ccc(Cl)cc3)NC(=O)NC2(c2ccc(Cl)cc2)N1. The zero-order valence-corrected chi connectivity index (χ0v) is 13.7. The first-order valence-electron chi connectivity index (χ1n) is 7.18. The molecule has 0 aromatic heterocycles. The number of fused-ring (bicyclic) bond motifs is 1. The van der Waals surface area contributed by atoms with Gasteiger partial charge in [0.2, 0.25) is 0 Å². The minimum absolute atomic E-state index is 0.410. The zero-order valence-electron chi connectivity index (χ0n) is 12.2. The first-order chi connectivity index (χ1) is 11.4. The third-order valence-corrected chi connectivity index (χ3v) is 4.83. The van der Waals surface area contributed by atoms with Gasteiger partial charge in [0.1, 0.15) is 0 Å². The summed E-state index contributed by atoms with van der Waals surface area (Å²) in [6.07, 6.45) is 0. The van der Waals surface area contributed by atoms with Gasteiger partial charge in [-0.1, -0.05) is 47.5 Å². The average Bonchev–Trinajstić information content (AvgIpc) is 2.96. The molecule has 4 N–H and O–H groups in total. The van der Waals surface area contributed by atoms with E-state index in [1.807, 2.05) is 0 Å². The minimum atomic E-state index is -1.19. The molecular formula is C16H12Cl2N4O2. The summed E-state index contributed by atoms with van der Waals surface area (Å²) < 4.78 is 0. The number of hydrogen-bond acceptors (Lipinski definition) is 2. The first-order valence-corrected chi connectivity index (χ1v) is 7.93. The topological polar surface area (TPSA) is 82.3 Å². The van der Waals surface area contributed by atoms with E-state index < -0.39 is 23.4 Å². The Balaban J connectivity index is 1.94. The van der Waals surface area contributed by atoms with Crippen LogP contribution < -0.4 is 21.3 Å². The van der Waals surface area contributed by atoms with E-state index in [1.54, 1.807) is 48.5 Å². The summed E-state index contributed by atoms with van der Waals surface area (Å²) in [6, 6.07) is 13.0. The van der Waals surface area contributed by atoms with E-state index in [-0.39, 0.29) is 0 Å². The zero-order chi connectivity index (χ0) is 16.9. The fourth-order valence-electron chi connectivity index (χ4n) is 3.30. The predicted molar refractivity (Wildman–Crippen MR) is 89.6 cm³/mol. The summed E-state index contributed by atoms with van der Waals surface area (Å²) in [6.45, 7) is 0. The van der Waals surface area contributed by atoms with Crippen molar-refractivity contribution in [1.29, 1.82) is 0 Å². The van der Waals surface area contributed by atoms with Crippen molar-refractivity contribution in [3.63, 3.8) is 0 Å². The van der Waals surface area contributed by atoms with Crippen LogP contribution in [-0.4, -0.2) is 12.1 Å². The van der Waals surface area contributed by atoms with Gasteiger partial charge in [-0.05, 0) is 24.3 Å². The Kier molecular flexibility index (Phi) is 3.16. The lowest BCUT2D eigenvalue weighted by atomic mass is 9.83. The molecule has 24 heavy (non-hydrogen) atoms. The molecular weight excluding hydrogens is 351 g/mol. The van der Waals surface area contributed by atoms with Crippen LogP contribution in [0.1, 0.15) is 11.1 Å². The van der Waals surface area contributed by atoms with E-state index in [9.17, 15) is 9.59 Å². The molecule has 2 aliphatic heterocycles. The van der Waals surface area contributed by atoms with E-state index >= 15 is 0 Å². The normalized spacial score (nSPS) is 27.8. The largest absolute Gasteiger partial charge is 0.319 e. The summed E-state index contributed by atoms with van der Waals surface area (Å²) in [7, 11) is 0. The van der Waals surface area contributed by atoms with Crippen LogP contribution in [-0.2, 0) is 11.3 Å². The van der Waals surface area contributed by atoms with Crippen molar-refractivity contribution in [2.75, 3.05) is 0 Å². The standard InChI is InChI=1S/C16H12Cl2N4O2/c17-11-5-1-9(2-6-11)15-16(21-13(23)19-15,22-14(24)20-15)10-3-7-12(18)8-4-10/h1-8H,(H2,19,21,23)(H2,20,22,24). The molecule has 4 amide bonds. The molecule has 2 saturated heterocycles. The molecule has 0 atom stereocenters. The molecule has 0 spiro atoms. The molecule has 8 heteroatoms. The van der Waals surface area contributed by atoms with Crippen LogP contribution in [0.5, 0.6) is 0 Å². The maximum atomic E-state index is 12.2. The van der Waals surface area contributed by atoms with E-state index in [4.69, 9.17) is 23.2 Å². The van der Waals surface area contributed by atoms with Crippen molar-refractivity contribution in [1.82, 2.24) is 21.3 Å². The molecule has 2 fully saturated rings. The van der Waals surface area contributed by atoms with Crippen molar-refractivity contribution < 1.29 is 9.59 Å². The number of halogens is 2. The van der Waals surface area contributed by atoms with Gasteiger partial charge in [0.05, 0.1) is 0 Å². The summed E-state index contributed by atoms with van der Waals surface area (Å²) in [5, 5.41) is 12.4. The Morgan fingerprint density at radius 2 is 0.875 bits per heavy atom. The number of rotatable bonds is 2. The van der Waals surface area contributed by atoms with Crippen molar-refractivity contribution in [2.45, 2.75) is 11.3 Å². The van der Waals surface area contributed by atoms with Crippen LogP contribution in [0, 0.1) is 0 Å². The number of carbonyl (C=O) groups is 2. The molecule has 2 aromatic carbocycles. The highest BCUT2D eigenvalue weighted by atomic mass is 35.5. The molecule has 2 heterocycles. The van der Waals surface area contributed by atoms with Crippen LogP contribution in [0.2, 0.25) is 10.0 Å². The molecule has 0 saturated carbocycles. The van der Waals surface area contributed by atoms with Crippen molar-refractivity contribution >= 4 is 35.3 Å². The van der Waals surface area contributed by atoms with Crippen LogP contribution in [0.25, 0.3) is 0 Å². The van der Waals surface area contributed by atoms with Gasteiger partial charge in [0.15, 0.2) is 11.3 Å². The van der Waals surface area contributed by atoms with Gasteiger partial charge in [-0.25, -0.2) is 9.59 Å². The summed E-state index contributed by atoms with van der Waals surface area (Å²) >= 11 is 11.9. The number of amides is 4. The molecule has 6 nitrogen and oxygen atoms in total. The number of benzene rings is 2. The maximum Gasteiger partial charge on any atom is 0.319 e. The molecule has 2 aliphatic rings. The predicted octanol–water partition coefficient (Wildman–Crippen LogP) is 2.62. The molecule has 0 unspecified atom stereocenters. The Morgan fingerprint density at radius 1 is 0.583 bits per heavy atom. The second kappa shape index (κ2) is 5.03. The van der Waals surface area contributed by atoms with E-state index in [1.165, 1.54) is 0 Å². The molecule has 2 aromatic rings. The second-order valence-corrected chi connectivity index (χ2v) is 6.54. The Labute approximate surface area is 147 Å². The molecule has 0 radical (unpaired) electrons. The van der Waals surface area contributed by atoms with Crippen LogP contribution >= 0.6 is 23.2 Å². The third-order valence-electron chi connectivity index (χ3n) is 4.32. The minimum Gasteiger partial charge on any atom is -0.307 e. The lowest BCUT2D eigenvalue weighted by molar-refractivity contribution is 0.208. The Bertz CT molecular complexity index is 749. The highest BCUT2D eigenvalue weighted by molar-refractivity contribution is 6.30. The van der Waals surface area contributed by atoms with Gasteiger partial charge in [-0.2, -0.15) is 0 Å². The highest BCUT2D eigenvalue weighted by Gasteiger charge is 2.66. The number of nitrogens with one attached hydrogen (secondary N) is 4. The van der Waals surface area contributed by atoms with Crippen LogP contribution in [0.3, 0.4) is 0 Å². The molecule has 4 rings (SSSR count). The van der Waals surface area contributed by atoms with Crippen molar-refractivity contribution in [2.24, 2.45) is 0 Å². The third kappa shape index (κ3) is 1.96.